The number of aromatic nitrogens is 3. The minimum atomic E-state index is -4.58. The van der Waals surface area contributed by atoms with Crippen molar-refractivity contribution in [1.29, 1.82) is 0 Å². The van der Waals surface area contributed by atoms with E-state index >= 15 is 0 Å². The molecule has 1 amide bonds. The minimum Gasteiger partial charge on any atom is -0.479 e. The number of rotatable bonds is 3. The second kappa shape index (κ2) is 7.94. The number of pyridine rings is 1. The Kier molecular flexibility index (Phi) is 5.03. The summed E-state index contributed by atoms with van der Waals surface area (Å²) in [7, 11) is 0. The van der Waals surface area contributed by atoms with Crippen LogP contribution in [0.1, 0.15) is 32.7 Å². The molecule has 5 rings (SSSR count). The van der Waals surface area contributed by atoms with E-state index in [0.29, 0.717) is 42.1 Å². The maximum Gasteiger partial charge on any atom is 0.416 e. The second-order valence-electron chi connectivity index (χ2n) is 7.78. The van der Waals surface area contributed by atoms with E-state index in [1.54, 1.807) is 18.2 Å². The van der Waals surface area contributed by atoms with Gasteiger partial charge in [-0.2, -0.15) is 18.2 Å². The van der Waals surface area contributed by atoms with E-state index in [1.165, 1.54) is 6.20 Å². The first kappa shape index (κ1) is 21.6. The number of hydrogen-bond donors (Lipinski definition) is 2. The zero-order valence-corrected chi connectivity index (χ0v) is 17.8. The molecule has 0 spiro atoms. The van der Waals surface area contributed by atoms with Crippen molar-refractivity contribution in [2.75, 3.05) is 23.3 Å². The van der Waals surface area contributed by atoms with E-state index < -0.39 is 17.6 Å². The van der Waals surface area contributed by atoms with E-state index in [4.69, 9.17) is 0 Å². The molecule has 0 bridgehead atoms. The van der Waals surface area contributed by atoms with E-state index in [9.17, 15) is 23.1 Å². The number of nitrogens with zero attached hydrogens (tertiary/aromatic N) is 5. The Hall–Kier alpha value is -4.28. The number of aryl methyl sites for hydroxylation is 1. The third-order valence-electron chi connectivity index (χ3n) is 5.53. The van der Waals surface area contributed by atoms with Crippen LogP contribution in [0, 0.1) is 6.92 Å². The zero-order chi connectivity index (χ0) is 24.0. The SMILES string of the molecule is Cc1ccc(NC(=O)c2cc(C(F)(F)F)ccn2)cc1C1=Cc2cnc(O)nc2N2CCN=C12. The van der Waals surface area contributed by atoms with Crippen LogP contribution >= 0.6 is 0 Å². The maximum absolute atomic E-state index is 13.0. The Morgan fingerprint density at radius 1 is 1.18 bits per heavy atom. The lowest BCUT2D eigenvalue weighted by Crippen LogP contribution is -2.32. The monoisotopic (exact) mass is 466 g/mol. The lowest BCUT2D eigenvalue weighted by Gasteiger charge is -2.27. The number of nitrogens with one attached hydrogen (secondary N) is 1. The molecule has 3 aromatic rings. The summed E-state index contributed by atoms with van der Waals surface area (Å²) in [5.41, 5.74) is 2.27. The normalized spacial score (nSPS) is 14.8. The first-order valence-corrected chi connectivity index (χ1v) is 10.3. The molecule has 0 fully saturated rings. The summed E-state index contributed by atoms with van der Waals surface area (Å²) in [6.07, 6.45) is -0.243. The maximum atomic E-state index is 13.0. The molecule has 0 aliphatic carbocycles. The first-order chi connectivity index (χ1) is 16.2. The van der Waals surface area contributed by atoms with Gasteiger partial charge in [0.15, 0.2) is 0 Å². The summed E-state index contributed by atoms with van der Waals surface area (Å²) in [5, 5.41) is 12.3. The standard InChI is InChI=1S/C23H17F3N6O2/c1-12-2-3-15(30-21(33)18-9-14(4-5-27-18)23(24,25)26)10-16(12)17-8-13-11-29-22(34)31-19(13)32-7-6-28-20(17)32/h2-5,8-11H,6-7H2,1H3,(H,30,33)(H,29,31,34). The molecule has 2 aliphatic rings. The Balaban J connectivity index is 1.49. The van der Waals surface area contributed by atoms with E-state index in [1.807, 2.05) is 17.9 Å². The Bertz CT molecular complexity index is 1380. The molecule has 0 unspecified atom stereocenters. The van der Waals surface area contributed by atoms with Crippen LogP contribution in [-0.2, 0) is 6.18 Å². The van der Waals surface area contributed by atoms with E-state index in [2.05, 4.69) is 25.3 Å². The lowest BCUT2D eigenvalue weighted by atomic mass is 9.94. The molecule has 4 heterocycles. The summed E-state index contributed by atoms with van der Waals surface area (Å²) >= 11 is 0. The molecule has 172 valence electrons. The molecule has 34 heavy (non-hydrogen) atoms. The summed E-state index contributed by atoms with van der Waals surface area (Å²) < 4.78 is 39.0. The highest BCUT2D eigenvalue weighted by atomic mass is 19.4. The van der Waals surface area contributed by atoms with Crippen molar-refractivity contribution in [1.82, 2.24) is 15.0 Å². The molecule has 8 nitrogen and oxygen atoms in total. The molecule has 2 aliphatic heterocycles. The Morgan fingerprint density at radius 3 is 2.79 bits per heavy atom. The highest BCUT2D eigenvalue weighted by molar-refractivity contribution is 6.36. The number of hydrogen-bond acceptors (Lipinski definition) is 7. The van der Waals surface area contributed by atoms with E-state index in [0.717, 1.165) is 29.0 Å². The predicted molar refractivity (Wildman–Crippen MR) is 120 cm³/mol. The molecular weight excluding hydrogens is 449 g/mol. The van der Waals surface area contributed by atoms with Gasteiger partial charge in [0.25, 0.3) is 5.91 Å². The molecule has 0 saturated heterocycles. The fourth-order valence-corrected chi connectivity index (χ4v) is 3.91. The van der Waals surface area contributed by atoms with Gasteiger partial charge in [0.2, 0.25) is 0 Å². The van der Waals surface area contributed by atoms with Crippen molar-refractivity contribution in [2.24, 2.45) is 4.99 Å². The van der Waals surface area contributed by atoms with Gasteiger partial charge in [-0.15, -0.1) is 0 Å². The van der Waals surface area contributed by atoms with Crippen LogP contribution in [-0.4, -0.2) is 44.9 Å². The number of anilines is 2. The van der Waals surface area contributed by atoms with Crippen LogP contribution < -0.4 is 10.2 Å². The summed E-state index contributed by atoms with van der Waals surface area (Å²) in [6, 6.07) is 6.39. The fourth-order valence-electron chi connectivity index (χ4n) is 3.91. The van der Waals surface area contributed by atoms with Crippen LogP contribution in [0.5, 0.6) is 6.01 Å². The van der Waals surface area contributed by atoms with Crippen LogP contribution in [0.4, 0.5) is 24.7 Å². The first-order valence-electron chi connectivity index (χ1n) is 10.3. The molecule has 1 aromatic carbocycles. The van der Waals surface area contributed by atoms with Gasteiger partial charge in [0.1, 0.15) is 17.3 Å². The number of carbonyl (C=O) groups is 1. The number of amidine groups is 1. The van der Waals surface area contributed by atoms with Gasteiger partial charge in [-0.05, 0) is 48.4 Å². The predicted octanol–water partition coefficient (Wildman–Crippen LogP) is 3.93. The van der Waals surface area contributed by atoms with Crippen molar-refractivity contribution in [3.8, 4) is 6.01 Å². The van der Waals surface area contributed by atoms with Gasteiger partial charge in [0.05, 0.1) is 12.1 Å². The lowest BCUT2D eigenvalue weighted by molar-refractivity contribution is -0.137. The number of benzene rings is 1. The highest BCUT2D eigenvalue weighted by Crippen LogP contribution is 2.37. The van der Waals surface area contributed by atoms with Crippen LogP contribution in [0.25, 0.3) is 11.6 Å². The van der Waals surface area contributed by atoms with Crippen molar-refractivity contribution in [2.45, 2.75) is 13.1 Å². The average molecular weight is 466 g/mol. The van der Waals surface area contributed by atoms with Gasteiger partial charge in [-0.25, -0.2) is 4.98 Å². The van der Waals surface area contributed by atoms with Gasteiger partial charge in [0, 0.05) is 35.8 Å². The molecule has 0 saturated carbocycles. The number of alkyl halides is 3. The number of fused-ring (bicyclic) bond motifs is 3. The number of carbonyl (C=O) groups excluding carboxylic acids is 1. The number of amides is 1. The smallest absolute Gasteiger partial charge is 0.416 e. The molecule has 2 aromatic heterocycles. The van der Waals surface area contributed by atoms with Gasteiger partial charge >= 0.3 is 12.2 Å². The topological polar surface area (TPSA) is 104 Å². The number of aliphatic imine (C=N–C) groups is 1. The summed E-state index contributed by atoms with van der Waals surface area (Å²) in [6.45, 7) is 3.04. The van der Waals surface area contributed by atoms with E-state index in [-0.39, 0.29) is 11.7 Å². The molecular formula is C23H17F3N6O2. The Labute approximate surface area is 191 Å². The Morgan fingerprint density at radius 2 is 2.00 bits per heavy atom. The van der Waals surface area contributed by atoms with Crippen LogP contribution in [0.15, 0.2) is 47.7 Å². The quantitative estimate of drug-likeness (QED) is 0.606. The molecule has 11 heteroatoms. The van der Waals surface area contributed by atoms with Crippen LogP contribution in [0.3, 0.4) is 0 Å². The fraction of sp³-hybridized carbons (Fsp3) is 0.174. The third-order valence-corrected chi connectivity index (χ3v) is 5.53. The van der Waals surface area contributed by atoms with Crippen molar-refractivity contribution >= 4 is 34.9 Å². The van der Waals surface area contributed by atoms with Crippen LogP contribution in [0.2, 0.25) is 0 Å². The number of halogens is 3. The average Bonchev–Trinajstić information content (AvgIpc) is 3.30. The third kappa shape index (κ3) is 3.85. The molecule has 2 N–H and O–H groups in total. The number of aromatic hydroxyl groups is 1. The van der Waals surface area contributed by atoms with Gasteiger partial charge in [-0.3, -0.25) is 14.8 Å². The largest absolute Gasteiger partial charge is 0.479 e. The second-order valence-corrected chi connectivity index (χ2v) is 7.78. The van der Waals surface area contributed by atoms with Gasteiger partial charge in [-0.1, -0.05) is 6.07 Å². The van der Waals surface area contributed by atoms with Crippen molar-refractivity contribution < 1.29 is 23.1 Å². The summed E-state index contributed by atoms with van der Waals surface area (Å²) in [5.74, 6) is 0.481. The molecule has 0 atom stereocenters. The minimum absolute atomic E-state index is 0.328. The van der Waals surface area contributed by atoms with Crippen molar-refractivity contribution in [3.05, 3.63) is 70.7 Å². The highest BCUT2D eigenvalue weighted by Gasteiger charge is 2.32. The van der Waals surface area contributed by atoms with Crippen molar-refractivity contribution in [3.63, 3.8) is 0 Å². The molecule has 0 radical (unpaired) electrons. The zero-order valence-electron chi connectivity index (χ0n) is 17.8. The van der Waals surface area contributed by atoms with Gasteiger partial charge < -0.3 is 15.3 Å². The summed E-state index contributed by atoms with van der Waals surface area (Å²) in [4.78, 5) is 30.8.